The third-order valence-electron chi connectivity index (χ3n) is 3.51. The fraction of sp³-hybridized carbons (Fsp3) is 0.176. The molecular weight excluding hydrogens is 218 g/mol. The summed E-state index contributed by atoms with van der Waals surface area (Å²) in [4.78, 5) is 0. The van der Waals surface area contributed by atoms with E-state index in [2.05, 4.69) is 73.8 Å². The van der Waals surface area contributed by atoms with E-state index < -0.39 is 0 Å². The second-order valence-corrected chi connectivity index (χ2v) is 4.93. The summed E-state index contributed by atoms with van der Waals surface area (Å²) < 4.78 is 0. The molecule has 0 aliphatic carbocycles. The molecule has 0 radical (unpaired) electrons. The van der Waals surface area contributed by atoms with Crippen molar-refractivity contribution >= 4 is 11.8 Å². The molecule has 1 unspecified atom stereocenters. The molecule has 0 amide bonds. The molecule has 1 heteroatoms. The maximum absolute atomic E-state index is 3.59. The Hall–Kier alpha value is -2.02. The Morgan fingerprint density at radius 2 is 1.83 bits per heavy atom. The fourth-order valence-electron chi connectivity index (χ4n) is 2.47. The zero-order chi connectivity index (χ0) is 12.5. The summed E-state index contributed by atoms with van der Waals surface area (Å²) >= 11 is 0. The van der Waals surface area contributed by atoms with Crippen LogP contribution in [0.1, 0.15) is 28.3 Å². The lowest BCUT2D eigenvalue weighted by atomic mass is 9.95. The first-order valence-corrected chi connectivity index (χ1v) is 6.35. The van der Waals surface area contributed by atoms with Crippen LogP contribution in [0.3, 0.4) is 0 Å². The monoisotopic (exact) mass is 235 g/mol. The van der Waals surface area contributed by atoms with Crippen LogP contribution in [-0.4, -0.2) is 0 Å². The summed E-state index contributed by atoms with van der Waals surface area (Å²) in [6, 6.07) is 15.3. The Balaban J connectivity index is 1.99. The molecule has 0 bridgehead atoms. The van der Waals surface area contributed by atoms with Gasteiger partial charge in [-0.3, -0.25) is 0 Å². The SMILES string of the molecule is Cc1ccc(C)c(C2C=Cc3ccccc3N2)c1. The number of rotatable bonds is 1. The quantitative estimate of drug-likeness (QED) is 0.768. The minimum atomic E-state index is 0.278. The van der Waals surface area contributed by atoms with Crippen molar-refractivity contribution in [2.24, 2.45) is 0 Å². The van der Waals surface area contributed by atoms with Gasteiger partial charge in [0.2, 0.25) is 0 Å². The molecule has 0 spiro atoms. The van der Waals surface area contributed by atoms with Gasteiger partial charge < -0.3 is 5.32 Å². The highest BCUT2D eigenvalue weighted by Gasteiger charge is 2.15. The summed E-state index contributed by atoms with van der Waals surface area (Å²) in [6.45, 7) is 4.31. The maximum Gasteiger partial charge on any atom is 0.0704 e. The van der Waals surface area contributed by atoms with Crippen molar-refractivity contribution in [2.75, 3.05) is 5.32 Å². The normalized spacial score (nSPS) is 17.1. The van der Waals surface area contributed by atoms with Gasteiger partial charge in [-0.25, -0.2) is 0 Å². The van der Waals surface area contributed by atoms with Gasteiger partial charge >= 0.3 is 0 Å². The van der Waals surface area contributed by atoms with Gasteiger partial charge in [0, 0.05) is 5.69 Å². The molecule has 1 nitrogen and oxygen atoms in total. The number of para-hydroxylation sites is 1. The van der Waals surface area contributed by atoms with Crippen LogP contribution >= 0.6 is 0 Å². The van der Waals surface area contributed by atoms with Gasteiger partial charge in [-0.2, -0.15) is 0 Å². The predicted octanol–water partition coefficient (Wildman–Crippen LogP) is 4.48. The second-order valence-electron chi connectivity index (χ2n) is 4.93. The lowest BCUT2D eigenvalue weighted by Crippen LogP contribution is -2.13. The number of hydrogen-bond donors (Lipinski definition) is 1. The number of benzene rings is 2. The molecule has 1 N–H and O–H groups in total. The third kappa shape index (κ3) is 1.92. The van der Waals surface area contributed by atoms with Gasteiger partial charge in [0.05, 0.1) is 6.04 Å². The van der Waals surface area contributed by atoms with E-state index >= 15 is 0 Å². The molecule has 0 saturated heterocycles. The molecular formula is C17H17N. The van der Waals surface area contributed by atoms with E-state index in [9.17, 15) is 0 Å². The summed E-state index contributed by atoms with van der Waals surface area (Å²) in [6.07, 6.45) is 4.45. The highest BCUT2D eigenvalue weighted by atomic mass is 14.9. The number of fused-ring (bicyclic) bond motifs is 1. The average Bonchev–Trinajstić information content (AvgIpc) is 2.41. The number of nitrogens with one attached hydrogen (secondary N) is 1. The van der Waals surface area contributed by atoms with Crippen LogP contribution in [0.15, 0.2) is 48.5 Å². The minimum Gasteiger partial charge on any atom is -0.374 e. The average molecular weight is 235 g/mol. The van der Waals surface area contributed by atoms with E-state index in [0.717, 1.165) is 0 Å². The van der Waals surface area contributed by atoms with Crippen molar-refractivity contribution < 1.29 is 0 Å². The molecule has 2 aromatic rings. The van der Waals surface area contributed by atoms with E-state index in [4.69, 9.17) is 0 Å². The van der Waals surface area contributed by atoms with Crippen LogP contribution in [0.4, 0.5) is 5.69 Å². The van der Waals surface area contributed by atoms with Gasteiger partial charge in [0.15, 0.2) is 0 Å². The molecule has 1 aliphatic heterocycles. The minimum absolute atomic E-state index is 0.278. The molecule has 3 rings (SSSR count). The van der Waals surface area contributed by atoms with Crippen molar-refractivity contribution in [3.8, 4) is 0 Å². The zero-order valence-electron chi connectivity index (χ0n) is 10.8. The topological polar surface area (TPSA) is 12.0 Å². The lowest BCUT2D eigenvalue weighted by Gasteiger charge is -2.24. The molecule has 90 valence electrons. The van der Waals surface area contributed by atoms with Crippen molar-refractivity contribution in [2.45, 2.75) is 19.9 Å². The van der Waals surface area contributed by atoms with E-state index in [0.29, 0.717) is 0 Å². The molecule has 0 aromatic heterocycles. The van der Waals surface area contributed by atoms with E-state index in [-0.39, 0.29) is 6.04 Å². The van der Waals surface area contributed by atoms with Crippen LogP contribution in [0, 0.1) is 13.8 Å². The second kappa shape index (κ2) is 4.34. The van der Waals surface area contributed by atoms with Crippen molar-refractivity contribution in [1.82, 2.24) is 0 Å². The number of anilines is 1. The molecule has 18 heavy (non-hydrogen) atoms. The first kappa shape index (κ1) is 11.1. The Labute approximate surface area is 108 Å². The van der Waals surface area contributed by atoms with Crippen molar-refractivity contribution in [1.29, 1.82) is 0 Å². The molecule has 1 atom stereocenters. The van der Waals surface area contributed by atoms with E-state index in [1.54, 1.807) is 0 Å². The van der Waals surface area contributed by atoms with Gasteiger partial charge in [-0.15, -0.1) is 0 Å². The van der Waals surface area contributed by atoms with Crippen molar-refractivity contribution in [3.63, 3.8) is 0 Å². The van der Waals surface area contributed by atoms with Crippen LogP contribution < -0.4 is 5.32 Å². The van der Waals surface area contributed by atoms with Crippen molar-refractivity contribution in [3.05, 3.63) is 70.8 Å². The Morgan fingerprint density at radius 3 is 2.72 bits per heavy atom. The molecule has 1 aliphatic rings. The highest BCUT2D eigenvalue weighted by molar-refractivity contribution is 5.71. The molecule has 2 aromatic carbocycles. The van der Waals surface area contributed by atoms with E-state index in [1.165, 1.54) is 27.9 Å². The molecule has 0 saturated carbocycles. The number of aryl methyl sites for hydroxylation is 2. The Bertz CT molecular complexity index is 611. The predicted molar refractivity (Wildman–Crippen MR) is 77.8 cm³/mol. The maximum atomic E-state index is 3.59. The first-order valence-electron chi connectivity index (χ1n) is 6.35. The van der Waals surface area contributed by atoms with Crippen LogP contribution in [-0.2, 0) is 0 Å². The summed E-state index contributed by atoms with van der Waals surface area (Å²) in [5, 5.41) is 3.59. The molecule has 1 heterocycles. The van der Waals surface area contributed by atoms with Gasteiger partial charge in [0.1, 0.15) is 0 Å². The van der Waals surface area contributed by atoms with Crippen LogP contribution in [0.5, 0.6) is 0 Å². The highest BCUT2D eigenvalue weighted by Crippen LogP contribution is 2.31. The first-order chi connectivity index (χ1) is 8.74. The summed E-state index contributed by atoms with van der Waals surface area (Å²) in [5.41, 5.74) is 6.48. The van der Waals surface area contributed by atoms with Gasteiger partial charge in [-0.05, 0) is 36.6 Å². The van der Waals surface area contributed by atoms with Gasteiger partial charge in [0.25, 0.3) is 0 Å². The smallest absolute Gasteiger partial charge is 0.0704 e. The summed E-state index contributed by atoms with van der Waals surface area (Å²) in [5.74, 6) is 0. The summed E-state index contributed by atoms with van der Waals surface area (Å²) in [7, 11) is 0. The van der Waals surface area contributed by atoms with Crippen LogP contribution in [0.25, 0.3) is 6.08 Å². The fourth-order valence-corrected chi connectivity index (χ4v) is 2.47. The standard InChI is InChI=1S/C17H17N/c1-12-7-8-13(2)15(11-12)17-10-9-14-5-3-4-6-16(14)18-17/h3-11,17-18H,1-2H3. The van der Waals surface area contributed by atoms with Crippen LogP contribution in [0.2, 0.25) is 0 Å². The Kier molecular flexibility index (Phi) is 2.67. The Morgan fingerprint density at radius 1 is 1.00 bits per heavy atom. The van der Waals surface area contributed by atoms with E-state index in [1.807, 2.05) is 0 Å². The zero-order valence-corrected chi connectivity index (χ0v) is 10.8. The largest absolute Gasteiger partial charge is 0.374 e. The molecule has 0 fully saturated rings. The lowest BCUT2D eigenvalue weighted by molar-refractivity contribution is 0.960. The van der Waals surface area contributed by atoms with Gasteiger partial charge in [-0.1, -0.05) is 54.1 Å². The third-order valence-corrected chi connectivity index (χ3v) is 3.51. The number of hydrogen-bond acceptors (Lipinski definition) is 1.